The second-order valence-corrected chi connectivity index (χ2v) is 8.50. The number of carbonyl (C=O) groups excluding carboxylic acids is 1. The van der Waals surface area contributed by atoms with Crippen molar-refractivity contribution in [3.8, 4) is 5.75 Å². The molecule has 3 aromatic rings. The molecule has 31 heavy (non-hydrogen) atoms. The highest BCUT2D eigenvalue weighted by molar-refractivity contribution is 7.92. The summed E-state index contributed by atoms with van der Waals surface area (Å²) in [5.41, 5.74) is 4.07. The third-order valence-electron chi connectivity index (χ3n) is 4.47. The van der Waals surface area contributed by atoms with Crippen LogP contribution >= 0.6 is 0 Å². The minimum atomic E-state index is -3.68. The lowest BCUT2D eigenvalue weighted by Gasteiger charge is -2.19. The molecule has 0 unspecified atom stereocenters. The van der Waals surface area contributed by atoms with Gasteiger partial charge in [-0.15, -0.1) is 0 Å². The van der Waals surface area contributed by atoms with Crippen LogP contribution < -0.4 is 14.5 Å². The van der Waals surface area contributed by atoms with Crippen molar-refractivity contribution in [2.45, 2.75) is 11.8 Å². The Bertz CT molecular complexity index is 1140. The summed E-state index contributed by atoms with van der Waals surface area (Å²) in [5.74, 6) is 0.366. The van der Waals surface area contributed by atoms with E-state index in [1.807, 2.05) is 31.2 Å². The quantitative estimate of drug-likeness (QED) is 0.430. The van der Waals surface area contributed by atoms with Crippen LogP contribution in [-0.4, -0.2) is 34.2 Å². The van der Waals surface area contributed by atoms with Crippen LogP contribution in [-0.2, 0) is 10.0 Å². The number of rotatable bonds is 8. The van der Waals surface area contributed by atoms with Gasteiger partial charge in [0.2, 0.25) is 0 Å². The van der Waals surface area contributed by atoms with Gasteiger partial charge in [0.25, 0.3) is 15.9 Å². The highest BCUT2D eigenvalue weighted by Crippen LogP contribution is 2.22. The molecule has 0 heterocycles. The lowest BCUT2D eigenvalue weighted by Crippen LogP contribution is -2.26. The van der Waals surface area contributed by atoms with E-state index in [2.05, 4.69) is 10.5 Å². The monoisotopic (exact) mass is 437 g/mol. The molecular weight excluding hydrogens is 414 g/mol. The van der Waals surface area contributed by atoms with E-state index in [-0.39, 0.29) is 4.90 Å². The van der Waals surface area contributed by atoms with Crippen LogP contribution in [0, 0.1) is 0 Å². The molecule has 3 aromatic carbocycles. The van der Waals surface area contributed by atoms with Crippen LogP contribution in [0.2, 0.25) is 0 Å². The number of hydrazone groups is 1. The first-order valence-electron chi connectivity index (χ1n) is 9.62. The molecule has 0 aliphatic carbocycles. The predicted octanol–water partition coefficient (Wildman–Crippen LogP) is 3.67. The number of ether oxygens (including phenoxy) is 1. The van der Waals surface area contributed by atoms with Crippen molar-refractivity contribution in [3.05, 3.63) is 90.0 Å². The molecule has 0 atom stereocenters. The maximum absolute atomic E-state index is 12.7. The SMILES string of the molecule is CCOc1ccc(/C=N\NC(=O)c2ccc(N(C)S(=O)(=O)c3ccccc3)cc2)cc1. The van der Waals surface area contributed by atoms with E-state index in [4.69, 9.17) is 4.74 Å². The molecule has 0 aliphatic rings. The van der Waals surface area contributed by atoms with Crippen LogP contribution in [0.4, 0.5) is 5.69 Å². The van der Waals surface area contributed by atoms with Gasteiger partial charge in [-0.2, -0.15) is 5.10 Å². The van der Waals surface area contributed by atoms with E-state index >= 15 is 0 Å². The van der Waals surface area contributed by atoms with Crippen molar-refractivity contribution in [1.29, 1.82) is 0 Å². The molecule has 0 aliphatic heterocycles. The molecule has 0 saturated heterocycles. The van der Waals surface area contributed by atoms with Gasteiger partial charge in [0.1, 0.15) is 5.75 Å². The summed E-state index contributed by atoms with van der Waals surface area (Å²) in [6, 6.07) is 21.7. The molecule has 0 radical (unpaired) electrons. The number of hydrogen-bond donors (Lipinski definition) is 1. The second-order valence-electron chi connectivity index (χ2n) is 6.53. The van der Waals surface area contributed by atoms with Crippen molar-refractivity contribution in [2.24, 2.45) is 5.10 Å². The number of amides is 1. The minimum absolute atomic E-state index is 0.197. The molecule has 0 saturated carbocycles. The third-order valence-corrected chi connectivity index (χ3v) is 6.27. The Kier molecular flexibility index (Phi) is 7.04. The van der Waals surface area contributed by atoms with Gasteiger partial charge in [0.05, 0.1) is 23.4 Å². The van der Waals surface area contributed by atoms with Gasteiger partial charge in [0.15, 0.2) is 0 Å². The maximum Gasteiger partial charge on any atom is 0.271 e. The lowest BCUT2D eigenvalue weighted by atomic mass is 10.2. The molecule has 160 valence electrons. The van der Waals surface area contributed by atoms with Crippen LogP contribution in [0.5, 0.6) is 5.75 Å². The van der Waals surface area contributed by atoms with Crippen LogP contribution in [0.15, 0.2) is 88.9 Å². The van der Waals surface area contributed by atoms with Crippen LogP contribution in [0.25, 0.3) is 0 Å². The zero-order valence-corrected chi connectivity index (χ0v) is 18.0. The van der Waals surface area contributed by atoms with Crippen molar-refractivity contribution in [2.75, 3.05) is 18.0 Å². The van der Waals surface area contributed by atoms with E-state index in [1.165, 1.54) is 29.7 Å². The van der Waals surface area contributed by atoms with Gasteiger partial charge in [0, 0.05) is 12.6 Å². The standard InChI is InChI=1S/C23H23N3O4S/c1-3-30-21-15-9-18(10-16-21)17-24-25-23(27)19-11-13-20(14-12-19)26(2)31(28,29)22-7-5-4-6-8-22/h4-17H,3H2,1-2H3,(H,25,27)/b24-17-. The fourth-order valence-corrected chi connectivity index (χ4v) is 3.98. The Morgan fingerprint density at radius 1 is 1.00 bits per heavy atom. The number of nitrogens with one attached hydrogen (secondary N) is 1. The molecule has 1 N–H and O–H groups in total. The fraction of sp³-hybridized carbons (Fsp3) is 0.130. The molecule has 0 spiro atoms. The van der Waals surface area contributed by atoms with Gasteiger partial charge < -0.3 is 4.74 Å². The van der Waals surface area contributed by atoms with Crippen molar-refractivity contribution in [3.63, 3.8) is 0 Å². The largest absolute Gasteiger partial charge is 0.494 e. The number of anilines is 1. The first-order chi connectivity index (χ1) is 14.9. The summed E-state index contributed by atoms with van der Waals surface area (Å²) in [4.78, 5) is 12.5. The zero-order valence-electron chi connectivity index (χ0n) is 17.2. The Morgan fingerprint density at radius 3 is 2.26 bits per heavy atom. The highest BCUT2D eigenvalue weighted by atomic mass is 32.2. The van der Waals surface area contributed by atoms with Crippen LogP contribution in [0.3, 0.4) is 0 Å². The number of nitrogens with zero attached hydrogens (tertiary/aromatic N) is 2. The Hall–Kier alpha value is -3.65. The molecule has 8 heteroatoms. The van der Waals surface area contributed by atoms with E-state index in [0.29, 0.717) is 17.9 Å². The average Bonchev–Trinajstić information content (AvgIpc) is 2.80. The topological polar surface area (TPSA) is 88.1 Å². The summed E-state index contributed by atoms with van der Waals surface area (Å²) in [6.45, 7) is 2.51. The smallest absolute Gasteiger partial charge is 0.271 e. The Morgan fingerprint density at radius 2 is 1.65 bits per heavy atom. The molecule has 7 nitrogen and oxygen atoms in total. The third kappa shape index (κ3) is 5.49. The summed E-state index contributed by atoms with van der Waals surface area (Å²) >= 11 is 0. The molecule has 3 rings (SSSR count). The number of sulfonamides is 1. The first-order valence-corrected chi connectivity index (χ1v) is 11.1. The summed E-state index contributed by atoms with van der Waals surface area (Å²) < 4.78 is 32.0. The number of benzene rings is 3. The Balaban J connectivity index is 1.63. The number of hydrogen-bond acceptors (Lipinski definition) is 5. The van der Waals surface area contributed by atoms with E-state index in [1.54, 1.807) is 42.5 Å². The highest BCUT2D eigenvalue weighted by Gasteiger charge is 2.21. The minimum Gasteiger partial charge on any atom is -0.494 e. The second kappa shape index (κ2) is 9.90. The molecule has 0 bridgehead atoms. The summed E-state index contributed by atoms with van der Waals surface area (Å²) in [5, 5.41) is 3.96. The van der Waals surface area contributed by atoms with Crippen molar-refractivity contribution >= 4 is 27.8 Å². The summed E-state index contributed by atoms with van der Waals surface area (Å²) in [7, 11) is -2.21. The Labute approximate surface area is 182 Å². The first kappa shape index (κ1) is 22.0. The molecule has 0 aromatic heterocycles. The molecular formula is C23H23N3O4S. The van der Waals surface area contributed by atoms with Crippen LogP contribution in [0.1, 0.15) is 22.8 Å². The van der Waals surface area contributed by atoms with E-state index < -0.39 is 15.9 Å². The van der Waals surface area contributed by atoms with Gasteiger partial charge in [-0.3, -0.25) is 9.10 Å². The average molecular weight is 438 g/mol. The van der Waals surface area contributed by atoms with E-state index in [0.717, 1.165) is 11.3 Å². The van der Waals surface area contributed by atoms with Crippen molar-refractivity contribution in [1.82, 2.24) is 5.43 Å². The van der Waals surface area contributed by atoms with Gasteiger partial charge in [-0.05, 0) is 73.2 Å². The normalized spacial score (nSPS) is 11.3. The maximum atomic E-state index is 12.7. The molecule has 0 fully saturated rings. The fourth-order valence-electron chi connectivity index (χ4n) is 2.76. The van der Waals surface area contributed by atoms with E-state index in [9.17, 15) is 13.2 Å². The predicted molar refractivity (Wildman–Crippen MR) is 121 cm³/mol. The number of carbonyl (C=O) groups is 1. The van der Waals surface area contributed by atoms with Gasteiger partial charge in [-0.1, -0.05) is 18.2 Å². The van der Waals surface area contributed by atoms with Gasteiger partial charge >= 0.3 is 0 Å². The zero-order chi connectivity index (χ0) is 22.3. The van der Waals surface area contributed by atoms with Crippen molar-refractivity contribution < 1.29 is 17.9 Å². The van der Waals surface area contributed by atoms with Gasteiger partial charge in [-0.25, -0.2) is 13.8 Å². The summed E-state index contributed by atoms with van der Waals surface area (Å²) in [6.07, 6.45) is 1.53. The molecule has 1 amide bonds. The lowest BCUT2D eigenvalue weighted by molar-refractivity contribution is 0.0955.